The maximum Gasteiger partial charge on any atom is 0.331 e. The molecule has 0 unspecified atom stereocenters. The summed E-state index contributed by atoms with van der Waals surface area (Å²) < 4.78 is 4.98. The average molecular weight is 252 g/mol. The zero-order chi connectivity index (χ0) is 13.0. The summed E-state index contributed by atoms with van der Waals surface area (Å²) in [5, 5.41) is 21.2. The van der Waals surface area contributed by atoms with Gasteiger partial charge in [-0.1, -0.05) is 6.92 Å². The lowest BCUT2D eigenvalue weighted by Gasteiger charge is -2.50. The number of hydrogen-bond donors (Lipinski definition) is 2. The zero-order valence-electron chi connectivity index (χ0n) is 10.7. The van der Waals surface area contributed by atoms with Gasteiger partial charge < -0.3 is 14.9 Å². The van der Waals surface area contributed by atoms with E-state index in [1.54, 1.807) is 6.08 Å². The van der Waals surface area contributed by atoms with Crippen LogP contribution in [0, 0.1) is 11.3 Å². The van der Waals surface area contributed by atoms with Crippen molar-refractivity contribution in [1.82, 2.24) is 0 Å². The predicted molar refractivity (Wildman–Crippen MR) is 64.7 cm³/mol. The number of aliphatic hydroxyl groups excluding tert-OH is 1. The monoisotopic (exact) mass is 252 g/mol. The molecule has 100 valence electrons. The van der Waals surface area contributed by atoms with E-state index in [1.165, 1.54) is 0 Å². The van der Waals surface area contributed by atoms with Gasteiger partial charge in [0.25, 0.3) is 0 Å². The molecule has 1 heterocycles. The van der Waals surface area contributed by atoms with Crippen molar-refractivity contribution in [3.63, 3.8) is 0 Å². The fourth-order valence-corrected chi connectivity index (χ4v) is 4.26. The quantitative estimate of drug-likeness (QED) is 0.687. The molecule has 18 heavy (non-hydrogen) atoms. The maximum atomic E-state index is 11.2. The van der Waals surface area contributed by atoms with Crippen molar-refractivity contribution in [3.8, 4) is 0 Å². The van der Waals surface area contributed by atoms with Crippen molar-refractivity contribution >= 4 is 5.97 Å². The highest BCUT2D eigenvalue weighted by atomic mass is 16.5. The molecule has 2 fully saturated rings. The van der Waals surface area contributed by atoms with Crippen molar-refractivity contribution in [3.05, 3.63) is 11.6 Å². The summed E-state index contributed by atoms with van der Waals surface area (Å²) in [6, 6.07) is 0. The van der Waals surface area contributed by atoms with Crippen molar-refractivity contribution in [2.75, 3.05) is 6.61 Å². The van der Waals surface area contributed by atoms with Crippen molar-refractivity contribution in [1.29, 1.82) is 0 Å². The molecule has 4 nitrogen and oxygen atoms in total. The van der Waals surface area contributed by atoms with Crippen LogP contribution in [0.5, 0.6) is 0 Å². The van der Waals surface area contributed by atoms with Crippen molar-refractivity contribution in [2.24, 2.45) is 11.3 Å². The van der Waals surface area contributed by atoms with Gasteiger partial charge in [-0.05, 0) is 43.6 Å². The number of ether oxygens (including phenoxy) is 1. The first-order valence-electron chi connectivity index (χ1n) is 6.75. The highest BCUT2D eigenvalue weighted by Crippen LogP contribution is 2.60. The Kier molecular flexibility index (Phi) is 2.58. The van der Waals surface area contributed by atoms with E-state index in [9.17, 15) is 15.0 Å². The summed E-state index contributed by atoms with van der Waals surface area (Å²) >= 11 is 0. The van der Waals surface area contributed by atoms with E-state index in [1.807, 2.05) is 6.92 Å². The van der Waals surface area contributed by atoms with Crippen LogP contribution in [0.2, 0.25) is 0 Å². The van der Waals surface area contributed by atoms with Gasteiger partial charge in [-0.25, -0.2) is 4.79 Å². The van der Waals surface area contributed by atoms with Crippen LogP contribution in [0.1, 0.15) is 39.0 Å². The minimum atomic E-state index is -0.790. The van der Waals surface area contributed by atoms with Crippen LogP contribution in [0.4, 0.5) is 0 Å². The van der Waals surface area contributed by atoms with Gasteiger partial charge in [-0.2, -0.15) is 0 Å². The number of fused-ring (bicyclic) bond motifs is 1. The topological polar surface area (TPSA) is 66.8 Å². The summed E-state index contributed by atoms with van der Waals surface area (Å²) in [5.74, 6) is -0.237. The molecule has 0 aromatic heterocycles. The first kappa shape index (κ1) is 12.2. The molecule has 1 aliphatic heterocycles. The molecule has 2 saturated carbocycles. The highest BCUT2D eigenvalue weighted by Gasteiger charge is 2.62. The Bertz CT molecular complexity index is 416. The second kappa shape index (κ2) is 3.81. The van der Waals surface area contributed by atoms with E-state index < -0.39 is 17.1 Å². The molecule has 0 saturated heterocycles. The summed E-state index contributed by atoms with van der Waals surface area (Å²) in [6.07, 6.45) is 4.93. The summed E-state index contributed by atoms with van der Waals surface area (Å²) in [5.41, 5.74) is -0.383. The van der Waals surface area contributed by atoms with Gasteiger partial charge in [-0.15, -0.1) is 0 Å². The molecular formula is C14H20O4. The number of rotatable bonds is 1. The van der Waals surface area contributed by atoms with Gasteiger partial charge >= 0.3 is 5.97 Å². The fraction of sp³-hybridized carbons (Fsp3) is 0.786. The van der Waals surface area contributed by atoms with E-state index in [0.717, 1.165) is 31.3 Å². The third-order valence-corrected chi connectivity index (χ3v) is 5.47. The van der Waals surface area contributed by atoms with Gasteiger partial charge in [0.15, 0.2) is 0 Å². The molecule has 0 spiro atoms. The van der Waals surface area contributed by atoms with Crippen molar-refractivity contribution in [2.45, 2.75) is 50.7 Å². The lowest BCUT2D eigenvalue weighted by atomic mass is 9.59. The molecule has 4 heteroatoms. The molecule has 0 amide bonds. The third-order valence-electron chi connectivity index (χ3n) is 5.47. The van der Waals surface area contributed by atoms with Crippen LogP contribution in [0.3, 0.4) is 0 Å². The number of cyclic esters (lactones) is 1. The first-order chi connectivity index (χ1) is 8.47. The molecule has 0 aromatic carbocycles. The van der Waals surface area contributed by atoms with Crippen LogP contribution in [-0.4, -0.2) is 34.5 Å². The number of esters is 1. The molecule has 3 rings (SSSR count). The minimum Gasteiger partial charge on any atom is -0.458 e. The molecule has 2 aliphatic carbocycles. The van der Waals surface area contributed by atoms with Crippen LogP contribution < -0.4 is 0 Å². The second-order valence-electron chi connectivity index (χ2n) is 6.14. The Morgan fingerprint density at radius 1 is 1.39 bits per heavy atom. The molecule has 4 atom stereocenters. The third kappa shape index (κ3) is 1.42. The average Bonchev–Trinajstić information content (AvgIpc) is 2.83. The van der Waals surface area contributed by atoms with Gasteiger partial charge in [0.2, 0.25) is 0 Å². The lowest BCUT2D eigenvalue weighted by molar-refractivity contribution is -0.156. The predicted octanol–water partition coefficient (Wildman–Crippen LogP) is 1.16. The standard InChI is InChI=1S/C14H20O4/c1-13-10(9-7-12(16)18-8-9)4-6-14(13,17)5-2-3-11(13)15/h7,10-11,15,17H,2-6,8H2,1H3/t10-,11-,13+,14-/m1/s1. The lowest BCUT2D eigenvalue weighted by Crippen LogP contribution is -2.55. The minimum absolute atomic E-state index is 0.0595. The Hall–Kier alpha value is -0.870. The van der Waals surface area contributed by atoms with Gasteiger partial charge in [0.1, 0.15) is 6.61 Å². The molecule has 3 aliphatic rings. The number of aliphatic hydroxyl groups is 2. The SMILES string of the molecule is C[C@]12[C@H](O)CCC[C@@]1(O)CC[C@@H]2C1=CC(=O)OC1. The highest BCUT2D eigenvalue weighted by molar-refractivity contribution is 5.85. The Morgan fingerprint density at radius 3 is 2.83 bits per heavy atom. The maximum absolute atomic E-state index is 11.2. The first-order valence-corrected chi connectivity index (χ1v) is 6.75. The summed E-state index contributed by atoms with van der Waals surface area (Å²) in [7, 11) is 0. The summed E-state index contributed by atoms with van der Waals surface area (Å²) in [6.45, 7) is 2.29. The van der Waals surface area contributed by atoms with E-state index in [-0.39, 0.29) is 11.9 Å². The second-order valence-corrected chi connectivity index (χ2v) is 6.14. The van der Waals surface area contributed by atoms with Crippen LogP contribution in [0.25, 0.3) is 0 Å². The Labute approximate surface area is 107 Å². The Balaban J connectivity index is 1.97. The number of carbonyl (C=O) groups excluding carboxylic acids is 1. The van der Waals surface area contributed by atoms with Gasteiger partial charge in [-0.3, -0.25) is 0 Å². The van der Waals surface area contributed by atoms with Crippen LogP contribution in [-0.2, 0) is 9.53 Å². The normalized spacial score (nSPS) is 47.7. The molecular weight excluding hydrogens is 232 g/mol. The van der Waals surface area contributed by atoms with Gasteiger partial charge in [0.05, 0.1) is 11.7 Å². The zero-order valence-corrected chi connectivity index (χ0v) is 10.7. The van der Waals surface area contributed by atoms with E-state index in [0.29, 0.717) is 13.0 Å². The fourth-order valence-electron chi connectivity index (χ4n) is 4.26. The molecule has 0 radical (unpaired) electrons. The van der Waals surface area contributed by atoms with E-state index in [4.69, 9.17) is 4.74 Å². The van der Waals surface area contributed by atoms with Gasteiger partial charge in [0, 0.05) is 11.5 Å². The van der Waals surface area contributed by atoms with E-state index in [2.05, 4.69) is 0 Å². The van der Waals surface area contributed by atoms with Crippen molar-refractivity contribution < 1.29 is 19.7 Å². The largest absolute Gasteiger partial charge is 0.458 e. The van der Waals surface area contributed by atoms with E-state index >= 15 is 0 Å². The summed E-state index contributed by atoms with van der Waals surface area (Å²) in [4.78, 5) is 11.2. The number of hydrogen-bond acceptors (Lipinski definition) is 4. The number of carbonyl (C=O) groups is 1. The molecule has 2 N–H and O–H groups in total. The van der Waals surface area contributed by atoms with Crippen LogP contribution in [0.15, 0.2) is 11.6 Å². The molecule has 0 aromatic rings. The smallest absolute Gasteiger partial charge is 0.331 e. The van der Waals surface area contributed by atoms with Crippen LogP contribution >= 0.6 is 0 Å². The molecule has 0 bridgehead atoms. The Morgan fingerprint density at radius 2 is 2.17 bits per heavy atom.